The summed E-state index contributed by atoms with van der Waals surface area (Å²) in [6.07, 6.45) is 1.13. The summed E-state index contributed by atoms with van der Waals surface area (Å²) in [6.45, 7) is 3.68. The number of hydrogen-bond acceptors (Lipinski definition) is 4. The van der Waals surface area contributed by atoms with Crippen LogP contribution in [0.1, 0.15) is 12.6 Å². The first-order chi connectivity index (χ1) is 6.97. The molecule has 2 N–H and O–H groups in total. The molecule has 0 bridgehead atoms. The number of sulfonamides is 1. The summed E-state index contributed by atoms with van der Waals surface area (Å²) in [4.78, 5) is 0.172. The van der Waals surface area contributed by atoms with Gasteiger partial charge in [0.25, 0.3) is 0 Å². The number of methoxy groups -OCH3 is 1. The second-order valence-electron chi connectivity index (χ2n) is 3.26. The lowest BCUT2D eigenvalue weighted by Gasteiger charge is -2.10. The Bertz CT molecular complexity index is 413. The molecule has 0 amide bonds. The highest BCUT2D eigenvalue weighted by molar-refractivity contribution is 7.89. The number of ether oxygens (including phenoxy) is 1. The van der Waals surface area contributed by atoms with Crippen LogP contribution >= 0.6 is 0 Å². The van der Waals surface area contributed by atoms with E-state index in [0.717, 1.165) is 0 Å². The number of nitrogens with one attached hydrogen (secondary N) is 2. The minimum Gasteiger partial charge on any atom is -0.380 e. The molecule has 1 unspecified atom stereocenters. The van der Waals surface area contributed by atoms with Gasteiger partial charge in [0.2, 0.25) is 10.0 Å². The topological polar surface area (TPSA) is 84.1 Å². The van der Waals surface area contributed by atoms with E-state index in [0.29, 0.717) is 5.69 Å². The molecular weight excluding hydrogens is 218 g/mol. The Hall–Kier alpha value is -0.920. The van der Waals surface area contributed by atoms with E-state index in [-0.39, 0.29) is 17.5 Å². The first-order valence-electron chi connectivity index (χ1n) is 4.50. The number of nitrogens with zero attached hydrogens (tertiary/aromatic N) is 1. The quantitative estimate of drug-likeness (QED) is 0.751. The number of aryl methyl sites for hydroxylation is 1. The molecule has 7 heteroatoms. The van der Waals surface area contributed by atoms with Crippen molar-refractivity contribution in [1.29, 1.82) is 0 Å². The summed E-state index contributed by atoms with van der Waals surface area (Å²) in [7, 11) is -1.95. The fourth-order valence-electron chi connectivity index (χ4n) is 0.999. The maximum absolute atomic E-state index is 11.7. The summed E-state index contributed by atoms with van der Waals surface area (Å²) in [5.41, 5.74) is 0.521. The molecule has 0 spiro atoms. The Morgan fingerprint density at radius 1 is 1.67 bits per heavy atom. The van der Waals surface area contributed by atoms with E-state index >= 15 is 0 Å². The Kier molecular flexibility index (Phi) is 3.83. The third-order valence-electron chi connectivity index (χ3n) is 2.04. The van der Waals surface area contributed by atoms with Gasteiger partial charge in [-0.15, -0.1) is 0 Å². The van der Waals surface area contributed by atoms with Crippen LogP contribution in [0.25, 0.3) is 0 Å². The van der Waals surface area contributed by atoms with Gasteiger partial charge < -0.3 is 4.74 Å². The van der Waals surface area contributed by atoms with Crippen molar-refractivity contribution in [3.8, 4) is 0 Å². The van der Waals surface area contributed by atoms with Crippen LogP contribution in [0.2, 0.25) is 0 Å². The van der Waals surface area contributed by atoms with Crippen LogP contribution in [0.5, 0.6) is 0 Å². The SMILES string of the molecule is COC(C)CNS(=O)(=O)c1cn[nH]c1C. The summed E-state index contributed by atoms with van der Waals surface area (Å²) in [6, 6.07) is 0. The van der Waals surface area contributed by atoms with Gasteiger partial charge in [-0.05, 0) is 13.8 Å². The molecule has 15 heavy (non-hydrogen) atoms. The van der Waals surface area contributed by atoms with Gasteiger partial charge in [0, 0.05) is 13.7 Å². The monoisotopic (exact) mass is 233 g/mol. The van der Waals surface area contributed by atoms with E-state index in [2.05, 4.69) is 14.9 Å². The Morgan fingerprint density at radius 2 is 2.33 bits per heavy atom. The summed E-state index contributed by atoms with van der Waals surface area (Å²) in [5.74, 6) is 0. The molecule has 0 aliphatic rings. The van der Waals surface area contributed by atoms with Crippen LogP contribution < -0.4 is 4.72 Å². The normalized spacial score (nSPS) is 14.1. The third kappa shape index (κ3) is 3.01. The maximum atomic E-state index is 11.7. The summed E-state index contributed by atoms with van der Waals surface area (Å²) >= 11 is 0. The molecule has 1 aromatic rings. The van der Waals surface area contributed by atoms with Crippen LogP contribution in [0.15, 0.2) is 11.1 Å². The van der Waals surface area contributed by atoms with Crippen molar-refractivity contribution in [3.63, 3.8) is 0 Å². The molecule has 0 aromatic carbocycles. The first kappa shape index (κ1) is 12.2. The standard InChI is InChI=1S/C8H15N3O3S/c1-6(14-3)4-10-15(12,13)8-5-9-11-7(8)2/h5-6,10H,4H2,1-3H3,(H,9,11). The molecule has 0 saturated carbocycles. The predicted molar refractivity (Wildman–Crippen MR) is 55.0 cm³/mol. The second kappa shape index (κ2) is 4.73. The lowest BCUT2D eigenvalue weighted by atomic mass is 10.4. The minimum absolute atomic E-state index is 0.160. The maximum Gasteiger partial charge on any atom is 0.244 e. The van der Waals surface area contributed by atoms with E-state index < -0.39 is 10.0 Å². The average Bonchev–Trinajstić information content (AvgIpc) is 2.61. The van der Waals surface area contributed by atoms with Gasteiger partial charge in [0.15, 0.2) is 0 Å². The Morgan fingerprint density at radius 3 is 2.80 bits per heavy atom. The van der Waals surface area contributed by atoms with Crippen LogP contribution in [-0.4, -0.2) is 38.4 Å². The Balaban J connectivity index is 2.73. The van der Waals surface area contributed by atoms with Gasteiger partial charge in [0.05, 0.1) is 18.0 Å². The van der Waals surface area contributed by atoms with Crippen molar-refractivity contribution in [2.45, 2.75) is 24.8 Å². The fourth-order valence-corrected chi connectivity index (χ4v) is 2.25. The van der Waals surface area contributed by atoms with Gasteiger partial charge >= 0.3 is 0 Å². The lowest BCUT2D eigenvalue weighted by Crippen LogP contribution is -2.31. The smallest absolute Gasteiger partial charge is 0.244 e. The van der Waals surface area contributed by atoms with E-state index in [1.807, 2.05) is 0 Å². The fraction of sp³-hybridized carbons (Fsp3) is 0.625. The number of rotatable bonds is 5. The predicted octanol–water partition coefficient (Wildman–Crippen LogP) is 0.0313. The average molecular weight is 233 g/mol. The number of aromatic nitrogens is 2. The van der Waals surface area contributed by atoms with Crippen molar-refractivity contribution >= 4 is 10.0 Å². The van der Waals surface area contributed by atoms with Gasteiger partial charge in [0.1, 0.15) is 4.90 Å². The minimum atomic E-state index is -3.48. The molecule has 1 rings (SSSR count). The zero-order chi connectivity index (χ0) is 11.5. The van der Waals surface area contributed by atoms with Crippen molar-refractivity contribution in [2.24, 2.45) is 0 Å². The zero-order valence-electron chi connectivity index (χ0n) is 8.94. The molecule has 0 saturated heterocycles. The molecule has 6 nitrogen and oxygen atoms in total. The second-order valence-corrected chi connectivity index (χ2v) is 4.99. The Labute approximate surface area is 89.1 Å². The van der Waals surface area contributed by atoms with Crippen molar-refractivity contribution in [3.05, 3.63) is 11.9 Å². The molecule has 1 heterocycles. The summed E-state index contributed by atoms with van der Waals surface area (Å²) in [5, 5.41) is 6.24. The van der Waals surface area contributed by atoms with Crippen LogP contribution in [0.4, 0.5) is 0 Å². The summed E-state index contributed by atoms with van der Waals surface area (Å²) < 4.78 is 30.8. The van der Waals surface area contributed by atoms with E-state index in [1.165, 1.54) is 13.3 Å². The van der Waals surface area contributed by atoms with E-state index in [9.17, 15) is 8.42 Å². The zero-order valence-corrected chi connectivity index (χ0v) is 9.76. The first-order valence-corrected chi connectivity index (χ1v) is 5.98. The van der Waals surface area contributed by atoms with Gasteiger partial charge in [-0.2, -0.15) is 5.10 Å². The van der Waals surface area contributed by atoms with Gasteiger partial charge in [-0.1, -0.05) is 0 Å². The molecule has 0 radical (unpaired) electrons. The number of aromatic amines is 1. The number of hydrogen-bond donors (Lipinski definition) is 2. The van der Waals surface area contributed by atoms with Gasteiger partial charge in [-0.25, -0.2) is 13.1 Å². The van der Waals surface area contributed by atoms with Gasteiger partial charge in [-0.3, -0.25) is 5.10 Å². The number of H-pyrrole nitrogens is 1. The molecule has 1 aromatic heterocycles. The van der Waals surface area contributed by atoms with Crippen molar-refractivity contribution in [1.82, 2.24) is 14.9 Å². The van der Waals surface area contributed by atoms with Crippen LogP contribution in [-0.2, 0) is 14.8 Å². The molecular formula is C8H15N3O3S. The largest absolute Gasteiger partial charge is 0.380 e. The van der Waals surface area contributed by atoms with Crippen molar-refractivity contribution < 1.29 is 13.2 Å². The molecule has 0 aliphatic heterocycles. The molecule has 1 atom stereocenters. The van der Waals surface area contributed by atoms with E-state index in [4.69, 9.17) is 4.74 Å². The van der Waals surface area contributed by atoms with Crippen LogP contribution in [0, 0.1) is 6.92 Å². The van der Waals surface area contributed by atoms with E-state index in [1.54, 1.807) is 13.8 Å². The molecule has 0 fully saturated rings. The van der Waals surface area contributed by atoms with Crippen LogP contribution in [0.3, 0.4) is 0 Å². The molecule has 86 valence electrons. The lowest BCUT2D eigenvalue weighted by molar-refractivity contribution is 0.122. The molecule has 0 aliphatic carbocycles. The highest BCUT2D eigenvalue weighted by atomic mass is 32.2. The highest BCUT2D eigenvalue weighted by Crippen LogP contribution is 2.10. The third-order valence-corrected chi connectivity index (χ3v) is 3.57. The highest BCUT2D eigenvalue weighted by Gasteiger charge is 2.18. The van der Waals surface area contributed by atoms with Crippen molar-refractivity contribution in [2.75, 3.05) is 13.7 Å².